The van der Waals surface area contributed by atoms with E-state index in [9.17, 15) is 4.79 Å². The molecule has 0 heterocycles. The van der Waals surface area contributed by atoms with E-state index >= 15 is 0 Å². The van der Waals surface area contributed by atoms with Crippen molar-refractivity contribution in [3.8, 4) is 0 Å². The maximum absolute atomic E-state index is 11.6. The summed E-state index contributed by atoms with van der Waals surface area (Å²) in [4.78, 5) is 21.0. The van der Waals surface area contributed by atoms with E-state index in [1.807, 2.05) is 26.0 Å². The second-order valence-corrected chi connectivity index (χ2v) is 3.72. The lowest BCUT2D eigenvalue weighted by Crippen LogP contribution is -2.08. The molecular formula is C13H17O3. The molecule has 1 aromatic carbocycles. The van der Waals surface area contributed by atoms with Crippen molar-refractivity contribution in [3.05, 3.63) is 41.8 Å². The second kappa shape index (κ2) is 6.28. The Morgan fingerprint density at radius 2 is 2.12 bits per heavy atom. The van der Waals surface area contributed by atoms with Gasteiger partial charge in [0.2, 0.25) is 0 Å². The van der Waals surface area contributed by atoms with E-state index in [0.29, 0.717) is 12.2 Å². The van der Waals surface area contributed by atoms with E-state index in [0.717, 1.165) is 24.0 Å². The van der Waals surface area contributed by atoms with Gasteiger partial charge in [0.05, 0.1) is 12.2 Å². The van der Waals surface area contributed by atoms with Crippen LogP contribution in [0.3, 0.4) is 0 Å². The molecule has 0 saturated carbocycles. The highest BCUT2D eigenvalue weighted by Gasteiger charge is 2.11. The van der Waals surface area contributed by atoms with Gasteiger partial charge in [-0.3, -0.25) is 4.89 Å². The van der Waals surface area contributed by atoms with Gasteiger partial charge in [0, 0.05) is 0 Å². The summed E-state index contributed by atoms with van der Waals surface area (Å²) in [6.07, 6.45) is 1.54. The van der Waals surface area contributed by atoms with Gasteiger partial charge in [-0.1, -0.05) is 31.0 Å². The predicted octanol–water partition coefficient (Wildman–Crippen LogP) is 3.01. The molecule has 0 fully saturated rings. The van der Waals surface area contributed by atoms with Gasteiger partial charge in [0.1, 0.15) is 0 Å². The summed E-state index contributed by atoms with van der Waals surface area (Å²) >= 11 is 0. The van der Waals surface area contributed by atoms with Gasteiger partial charge < -0.3 is 0 Å². The molecule has 0 aliphatic heterocycles. The van der Waals surface area contributed by atoms with E-state index in [-0.39, 0.29) is 0 Å². The second-order valence-electron chi connectivity index (χ2n) is 3.72. The molecule has 0 aliphatic carbocycles. The van der Waals surface area contributed by atoms with Crippen LogP contribution in [0.4, 0.5) is 0 Å². The van der Waals surface area contributed by atoms with Crippen LogP contribution in [-0.2, 0) is 9.78 Å². The first-order chi connectivity index (χ1) is 7.65. The zero-order chi connectivity index (χ0) is 12.0. The molecule has 16 heavy (non-hydrogen) atoms. The molecule has 3 heteroatoms. The zero-order valence-electron chi connectivity index (χ0n) is 9.79. The minimum absolute atomic E-state index is 0.389. The van der Waals surface area contributed by atoms with Gasteiger partial charge in [-0.2, -0.15) is 4.89 Å². The first kappa shape index (κ1) is 12.7. The maximum atomic E-state index is 11.6. The zero-order valence-corrected chi connectivity index (χ0v) is 9.79. The summed E-state index contributed by atoms with van der Waals surface area (Å²) in [7, 11) is 0. The maximum Gasteiger partial charge on any atom is 0.373 e. The van der Waals surface area contributed by atoms with Crippen molar-refractivity contribution >= 4 is 5.97 Å². The van der Waals surface area contributed by atoms with E-state index < -0.39 is 5.97 Å². The Balaban J connectivity index is 2.53. The number of hydrogen-bond donors (Lipinski definition) is 0. The monoisotopic (exact) mass is 221 g/mol. The fourth-order valence-corrected chi connectivity index (χ4v) is 1.34. The van der Waals surface area contributed by atoms with Crippen molar-refractivity contribution in [2.75, 3.05) is 6.61 Å². The highest BCUT2D eigenvalue weighted by molar-refractivity contribution is 5.90. The molecule has 0 atom stereocenters. The number of benzene rings is 1. The first-order valence-electron chi connectivity index (χ1n) is 5.35. The van der Waals surface area contributed by atoms with Crippen LogP contribution in [0.2, 0.25) is 0 Å². The van der Waals surface area contributed by atoms with Gasteiger partial charge in [-0.15, -0.1) is 0 Å². The van der Waals surface area contributed by atoms with Crippen molar-refractivity contribution in [3.63, 3.8) is 0 Å². The Morgan fingerprint density at radius 3 is 2.75 bits per heavy atom. The van der Waals surface area contributed by atoms with Gasteiger partial charge in [0.25, 0.3) is 0 Å². The smallest absolute Gasteiger partial charge is 0.293 e. The molecule has 0 amide bonds. The Morgan fingerprint density at radius 1 is 1.38 bits per heavy atom. The summed E-state index contributed by atoms with van der Waals surface area (Å²) in [5.41, 5.74) is 2.55. The lowest BCUT2D eigenvalue weighted by atomic mass is 10.1. The minimum atomic E-state index is -0.443. The van der Waals surface area contributed by atoms with Gasteiger partial charge in [0.15, 0.2) is 0 Å². The summed E-state index contributed by atoms with van der Waals surface area (Å²) in [6, 6.07) is 5.56. The average molecular weight is 221 g/mol. The van der Waals surface area contributed by atoms with Crippen LogP contribution >= 0.6 is 0 Å². The first-order valence-corrected chi connectivity index (χ1v) is 5.35. The fourth-order valence-electron chi connectivity index (χ4n) is 1.34. The third-order valence-electron chi connectivity index (χ3n) is 2.21. The number of carbonyl (C=O) groups excluding carboxylic acids is 1. The molecule has 0 aromatic heterocycles. The SMILES string of the molecule is [CH2]CCCOOC(=O)c1ccc(C)cc1C. The molecule has 3 nitrogen and oxygen atoms in total. The van der Waals surface area contributed by atoms with Crippen molar-refractivity contribution in [1.29, 1.82) is 0 Å². The van der Waals surface area contributed by atoms with Crippen molar-refractivity contribution < 1.29 is 14.6 Å². The number of aryl methyl sites for hydroxylation is 2. The van der Waals surface area contributed by atoms with E-state index in [1.165, 1.54) is 0 Å². The van der Waals surface area contributed by atoms with Crippen LogP contribution in [-0.4, -0.2) is 12.6 Å². The molecule has 1 aromatic rings. The largest absolute Gasteiger partial charge is 0.373 e. The van der Waals surface area contributed by atoms with Gasteiger partial charge in [-0.05, 0) is 31.9 Å². The summed E-state index contributed by atoms with van der Waals surface area (Å²) < 4.78 is 0. The molecule has 0 saturated heterocycles. The standard InChI is InChI=1S/C13H17O3/c1-4-5-8-15-16-13(14)12-7-6-10(2)9-11(12)3/h6-7,9H,1,4-5,8H2,2-3H3. The van der Waals surface area contributed by atoms with Crippen LogP contribution in [0.15, 0.2) is 18.2 Å². The number of rotatable bonds is 5. The van der Waals surface area contributed by atoms with Crippen molar-refractivity contribution in [2.45, 2.75) is 26.7 Å². The molecule has 0 aliphatic rings. The molecule has 1 rings (SSSR count). The number of unbranched alkanes of at least 4 members (excludes halogenated alkanes) is 1. The summed E-state index contributed by atoms with van der Waals surface area (Å²) in [6.45, 7) is 7.91. The number of carbonyl (C=O) groups is 1. The molecular weight excluding hydrogens is 204 g/mol. The average Bonchev–Trinajstić information content (AvgIpc) is 2.24. The quantitative estimate of drug-likeness (QED) is 0.435. The Bertz CT molecular complexity index is 358. The summed E-state index contributed by atoms with van der Waals surface area (Å²) in [5.74, 6) is -0.443. The van der Waals surface area contributed by atoms with Gasteiger partial charge >= 0.3 is 5.97 Å². The van der Waals surface area contributed by atoms with Crippen LogP contribution in [0.5, 0.6) is 0 Å². The normalized spacial score (nSPS) is 10.2. The van der Waals surface area contributed by atoms with E-state index in [1.54, 1.807) is 6.07 Å². The molecule has 0 bridgehead atoms. The highest BCUT2D eigenvalue weighted by Crippen LogP contribution is 2.11. The molecule has 87 valence electrons. The lowest BCUT2D eigenvalue weighted by Gasteiger charge is -2.06. The van der Waals surface area contributed by atoms with Crippen LogP contribution < -0.4 is 0 Å². The minimum Gasteiger partial charge on any atom is -0.293 e. The Hall–Kier alpha value is -1.35. The third kappa shape index (κ3) is 3.66. The highest BCUT2D eigenvalue weighted by atomic mass is 17.2. The van der Waals surface area contributed by atoms with E-state index in [2.05, 4.69) is 11.8 Å². The third-order valence-corrected chi connectivity index (χ3v) is 2.21. The lowest BCUT2D eigenvalue weighted by molar-refractivity contribution is -0.241. The van der Waals surface area contributed by atoms with Gasteiger partial charge in [-0.25, -0.2) is 4.79 Å². The van der Waals surface area contributed by atoms with Crippen LogP contribution in [0, 0.1) is 20.8 Å². The van der Waals surface area contributed by atoms with Crippen molar-refractivity contribution in [1.82, 2.24) is 0 Å². The summed E-state index contributed by atoms with van der Waals surface area (Å²) in [5, 5.41) is 0. The number of hydrogen-bond acceptors (Lipinski definition) is 3. The molecule has 0 N–H and O–H groups in total. The Kier molecular flexibility index (Phi) is 4.99. The molecule has 0 unspecified atom stereocenters. The van der Waals surface area contributed by atoms with Crippen LogP contribution in [0.25, 0.3) is 0 Å². The molecule has 1 radical (unpaired) electrons. The predicted molar refractivity (Wildman–Crippen MR) is 61.9 cm³/mol. The molecule has 0 spiro atoms. The van der Waals surface area contributed by atoms with Crippen molar-refractivity contribution in [2.24, 2.45) is 0 Å². The van der Waals surface area contributed by atoms with Crippen LogP contribution in [0.1, 0.15) is 34.3 Å². The van der Waals surface area contributed by atoms with E-state index in [4.69, 9.17) is 4.89 Å². The Labute approximate surface area is 96.3 Å². The fraction of sp³-hybridized carbons (Fsp3) is 0.385. The topological polar surface area (TPSA) is 35.5 Å².